The molecule has 1 N–H and O–H groups in total. The van der Waals surface area contributed by atoms with Gasteiger partial charge in [0, 0.05) is 6.54 Å². The Morgan fingerprint density at radius 2 is 1.79 bits per heavy atom. The molecule has 0 radical (unpaired) electrons. The Morgan fingerprint density at radius 3 is 2.45 bits per heavy atom. The minimum absolute atomic E-state index is 0.0235. The molecule has 0 aliphatic heterocycles. The fraction of sp³-hybridized carbons (Fsp3) is 0.158. The number of hydrogen-bond donors (Lipinski definition) is 1. The van der Waals surface area contributed by atoms with E-state index in [0.29, 0.717) is 10.2 Å². The molecule has 0 fully saturated rings. The van der Waals surface area contributed by atoms with Crippen LogP contribution in [-0.2, 0) is 12.6 Å². The largest absolute Gasteiger partial charge is 0.437 e. The van der Waals surface area contributed by atoms with Crippen molar-refractivity contribution in [2.75, 3.05) is 6.54 Å². The van der Waals surface area contributed by atoms with E-state index in [-0.39, 0.29) is 18.7 Å². The number of alkyl halides is 3. The van der Waals surface area contributed by atoms with Crippen molar-refractivity contribution in [2.45, 2.75) is 12.6 Å². The Hall–Kier alpha value is -3.43. The van der Waals surface area contributed by atoms with E-state index in [1.165, 1.54) is 18.2 Å². The van der Waals surface area contributed by atoms with Crippen LogP contribution < -0.4 is 10.1 Å². The summed E-state index contributed by atoms with van der Waals surface area (Å²) in [7, 11) is 0. The Bertz CT molecular complexity index is 1000. The maximum Gasteiger partial charge on any atom is 0.437 e. The monoisotopic (exact) mass is 411 g/mol. The van der Waals surface area contributed by atoms with Crippen molar-refractivity contribution in [1.82, 2.24) is 15.1 Å². The van der Waals surface area contributed by atoms with Gasteiger partial charge in [-0.3, -0.25) is 0 Å². The van der Waals surface area contributed by atoms with Gasteiger partial charge in [-0.2, -0.15) is 18.3 Å². The summed E-state index contributed by atoms with van der Waals surface area (Å²) < 4.78 is 71.9. The van der Waals surface area contributed by atoms with E-state index >= 15 is 0 Å². The molecule has 0 spiro atoms. The fourth-order valence-corrected chi connectivity index (χ4v) is 2.58. The Balaban J connectivity index is 1.71. The number of halogens is 5. The highest BCUT2D eigenvalue weighted by Gasteiger charge is 2.40. The van der Waals surface area contributed by atoms with Gasteiger partial charge in [0.25, 0.3) is 0 Å². The minimum atomic E-state index is -4.89. The molecule has 5 nitrogen and oxygen atoms in total. The molecule has 0 bridgehead atoms. The maximum atomic E-state index is 13.5. The van der Waals surface area contributed by atoms with Gasteiger partial charge >= 0.3 is 12.3 Å². The number of carbonyl (C=O) groups is 1. The number of rotatable bonds is 5. The SMILES string of the molecule is O=C(NCCc1cccc(F)c1)Oc1cnn(-c2ccc(F)cc2)c1C(F)(F)F. The lowest BCUT2D eigenvalue weighted by molar-refractivity contribution is -0.143. The number of nitrogens with zero attached hydrogens (tertiary/aromatic N) is 2. The normalized spacial score (nSPS) is 11.3. The molecule has 29 heavy (non-hydrogen) atoms. The van der Waals surface area contributed by atoms with Crippen LogP contribution in [0.15, 0.2) is 54.7 Å². The van der Waals surface area contributed by atoms with Crippen LogP contribution in [0.3, 0.4) is 0 Å². The summed E-state index contributed by atoms with van der Waals surface area (Å²) in [6.07, 6.45) is -5.00. The van der Waals surface area contributed by atoms with Crippen molar-refractivity contribution in [3.63, 3.8) is 0 Å². The van der Waals surface area contributed by atoms with Gasteiger partial charge in [-0.25, -0.2) is 18.3 Å². The lowest BCUT2D eigenvalue weighted by Gasteiger charge is -2.13. The van der Waals surface area contributed by atoms with E-state index in [9.17, 15) is 26.7 Å². The summed E-state index contributed by atoms with van der Waals surface area (Å²) in [4.78, 5) is 11.9. The van der Waals surface area contributed by atoms with E-state index in [4.69, 9.17) is 4.74 Å². The Morgan fingerprint density at radius 1 is 1.07 bits per heavy atom. The molecular weight excluding hydrogens is 397 g/mol. The molecule has 152 valence electrons. The Labute approximate surface area is 161 Å². The van der Waals surface area contributed by atoms with Crippen molar-refractivity contribution >= 4 is 6.09 Å². The van der Waals surface area contributed by atoms with Crippen LogP contribution in [0.25, 0.3) is 5.69 Å². The van der Waals surface area contributed by atoms with Crippen LogP contribution in [0.4, 0.5) is 26.7 Å². The van der Waals surface area contributed by atoms with Crippen LogP contribution in [0.1, 0.15) is 11.3 Å². The van der Waals surface area contributed by atoms with E-state index in [1.54, 1.807) is 6.07 Å². The summed E-state index contributed by atoms with van der Waals surface area (Å²) in [5.74, 6) is -1.86. The van der Waals surface area contributed by atoms with Gasteiger partial charge < -0.3 is 10.1 Å². The van der Waals surface area contributed by atoms with Crippen LogP contribution in [-0.4, -0.2) is 22.4 Å². The summed E-state index contributed by atoms with van der Waals surface area (Å²) in [5.41, 5.74) is -0.769. The topological polar surface area (TPSA) is 56.1 Å². The highest BCUT2D eigenvalue weighted by molar-refractivity contribution is 5.70. The van der Waals surface area contributed by atoms with E-state index in [0.717, 1.165) is 30.5 Å². The number of nitrogens with one attached hydrogen (secondary N) is 1. The zero-order valence-corrected chi connectivity index (χ0v) is 14.7. The minimum Gasteiger partial charge on any atom is -0.406 e. The smallest absolute Gasteiger partial charge is 0.406 e. The van der Waals surface area contributed by atoms with Crippen LogP contribution in [0.2, 0.25) is 0 Å². The molecule has 3 rings (SSSR count). The zero-order valence-electron chi connectivity index (χ0n) is 14.7. The first-order chi connectivity index (χ1) is 13.7. The second-order valence-corrected chi connectivity index (χ2v) is 5.94. The lowest BCUT2D eigenvalue weighted by Crippen LogP contribution is -2.29. The molecule has 0 saturated heterocycles. The average Bonchev–Trinajstić information content (AvgIpc) is 3.06. The standard InChI is InChI=1S/C19H14F5N3O2/c20-13-4-6-15(7-5-13)27-17(19(22,23)24)16(11-26-27)29-18(28)25-9-8-12-2-1-3-14(21)10-12/h1-7,10-11H,8-9H2,(H,25,28). The van der Waals surface area contributed by atoms with Gasteiger partial charge in [-0.05, 0) is 48.4 Å². The number of benzene rings is 2. The molecule has 0 atom stereocenters. The predicted octanol–water partition coefficient (Wildman–Crippen LogP) is 4.50. The highest BCUT2D eigenvalue weighted by Crippen LogP contribution is 2.37. The summed E-state index contributed by atoms with van der Waals surface area (Å²) in [5, 5.41) is 5.90. The van der Waals surface area contributed by atoms with Gasteiger partial charge in [0.1, 0.15) is 11.6 Å². The molecular formula is C19H14F5N3O2. The Kier molecular flexibility index (Phi) is 5.81. The van der Waals surface area contributed by atoms with E-state index in [1.807, 2.05) is 0 Å². The molecule has 0 aliphatic carbocycles. The molecule has 1 heterocycles. The molecule has 2 aromatic carbocycles. The third kappa shape index (κ3) is 5.09. The number of amides is 1. The summed E-state index contributed by atoms with van der Waals surface area (Å²) in [6, 6.07) is 9.88. The fourth-order valence-electron chi connectivity index (χ4n) is 2.58. The first-order valence-electron chi connectivity index (χ1n) is 8.35. The summed E-state index contributed by atoms with van der Waals surface area (Å²) in [6.45, 7) is 0.0235. The first-order valence-corrected chi connectivity index (χ1v) is 8.35. The quantitative estimate of drug-likeness (QED) is 0.629. The van der Waals surface area contributed by atoms with Gasteiger partial charge in [-0.1, -0.05) is 12.1 Å². The second-order valence-electron chi connectivity index (χ2n) is 5.94. The molecule has 1 amide bonds. The van der Waals surface area contributed by atoms with E-state index < -0.39 is 35.3 Å². The van der Waals surface area contributed by atoms with Crippen molar-refractivity contribution in [1.29, 1.82) is 0 Å². The second kappa shape index (κ2) is 8.29. The third-order valence-corrected chi connectivity index (χ3v) is 3.85. The van der Waals surface area contributed by atoms with Crippen LogP contribution in [0.5, 0.6) is 5.75 Å². The average molecular weight is 411 g/mol. The van der Waals surface area contributed by atoms with Gasteiger partial charge in [0.2, 0.25) is 0 Å². The van der Waals surface area contributed by atoms with Crippen molar-refractivity contribution in [2.24, 2.45) is 0 Å². The number of ether oxygens (including phenoxy) is 1. The van der Waals surface area contributed by atoms with Gasteiger partial charge in [-0.15, -0.1) is 0 Å². The predicted molar refractivity (Wildman–Crippen MR) is 92.7 cm³/mol. The molecule has 0 saturated carbocycles. The maximum absolute atomic E-state index is 13.5. The van der Waals surface area contributed by atoms with Crippen molar-refractivity contribution in [3.05, 3.63) is 77.6 Å². The van der Waals surface area contributed by atoms with Crippen LogP contribution >= 0.6 is 0 Å². The molecule has 0 aliphatic rings. The number of hydrogen-bond acceptors (Lipinski definition) is 3. The van der Waals surface area contributed by atoms with E-state index in [2.05, 4.69) is 10.4 Å². The molecule has 1 aromatic heterocycles. The van der Waals surface area contributed by atoms with Crippen molar-refractivity contribution in [3.8, 4) is 11.4 Å². The molecule has 0 unspecified atom stereocenters. The first kappa shape index (κ1) is 20.3. The lowest BCUT2D eigenvalue weighted by atomic mass is 10.1. The number of carbonyl (C=O) groups excluding carboxylic acids is 1. The van der Waals surface area contributed by atoms with Gasteiger partial charge in [0.05, 0.1) is 11.9 Å². The highest BCUT2D eigenvalue weighted by atomic mass is 19.4. The third-order valence-electron chi connectivity index (χ3n) is 3.85. The molecule has 10 heteroatoms. The zero-order chi connectivity index (χ0) is 21.0. The van der Waals surface area contributed by atoms with Gasteiger partial charge in [0.15, 0.2) is 11.4 Å². The van der Waals surface area contributed by atoms with Crippen LogP contribution in [0, 0.1) is 11.6 Å². The number of aromatic nitrogens is 2. The summed E-state index contributed by atoms with van der Waals surface area (Å²) >= 11 is 0. The molecule has 3 aromatic rings. The van der Waals surface area contributed by atoms with Crippen molar-refractivity contribution < 1.29 is 31.5 Å².